The van der Waals surface area contributed by atoms with E-state index in [0.717, 1.165) is 35.9 Å². The van der Waals surface area contributed by atoms with Crippen LogP contribution in [0, 0.1) is 5.41 Å². The summed E-state index contributed by atoms with van der Waals surface area (Å²) in [7, 11) is 4.69. The fourth-order valence-corrected chi connectivity index (χ4v) is 5.03. The van der Waals surface area contributed by atoms with Gasteiger partial charge >= 0.3 is 6.09 Å². The molecule has 1 aliphatic rings. The first-order valence-electron chi connectivity index (χ1n) is 11.8. The number of alkyl carbamates (subject to hydrolysis) is 1. The highest BCUT2D eigenvalue weighted by Gasteiger charge is 2.21. The molecule has 0 aliphatic heterocycles. The van der Waals surface area contributed by atoms with Gasteiger partial charge in [0.1, 0.15) is 28.8 Å². The van der Waals surface area contributed by atoms with Gasteiger partial charge in [-0.25, -0.2) is 14.8 Å². The largest absolute Gasteiger partial charge is 0.487 e. The van der Waals surface area contributed by atoms with Gasteiger partial charge in [0.15, 0.2) is 0 Å². The molecule has 2 amide bonds. The first kappa shape index (κ1) is 27.7. The number of hydrogen-bond donors (Lipinski definition) is 4. The van der Waals surface area contributed by atoms with Crippen LogP contribution < -0.4 is 21.1 Å². The van der Waals surface area contributed by atoms with Gasteiger partial charge in [-0.15, -0.1) is 11.3 Å². The molecule has 1 aromatic carbocycles. The molecule has 11 nitrogen and oxygen atoms in total. The Bertz CT molecular complexity index is 1260. The number of aryl methyl sites for hydroxylation is 2. The number of carbonyl (C=O) groups is 2. The van der Waals surface area contributed by atoms with Crippen LogP contribution in [-0.2, 0) is 22.4 Å². The predicted octanol–water partition coefficient (Wildman–Crippen LogP) is 3.72. The van der Waals surface area contributed by atoms with E-state index in [0.29, 0.717) is 28.5 Å². The van der Waals surface area contributed by atoms with Gasteiger partial charge in [0.05, 0.1) is 24.7 Å². The molecule has 1 aliphatic carbocycles. The standard InChI is InChI=1S/C22H26N6O3S.C3H7NO/c1-12(10-25-22(29)30-2)31-17-8-15(24)13(9-23)7-16(17)28-20-19-14-5-3-4-6-18(14)32-21(19)27-11-26-20;1-4(2)3-5/h7-9,11-12,23H,3-6,10,24H2,1-2H3,(H,25,29)(H,26,27,28);3H,1-2H3. The van der Waals surface area contributed by atoms with Crippen LogP contribution >= 0.6 is 11.3 Å². The first-order valence-corrected chi connectivity index (χ1v) is 12.6. The maximum atomic E-state index is 11.4. The average Bonchev–Trinajstić information content (AvgIpc) is 3.28. The first-order chi connectivity index (χ1) is 17.8. The number of fused-ring (bicyclic) bond motifs is 3. The van der Waals surface area contributed by atoms with Gasteiger partial charge in [0.25, 0.3) is 0 Å². The van der Waals surface area contributed by atoms with Crippen LogP contribution in [0.4, 0.5) is 22.0 Å². The summed E-state index contributed by atoms with van der Waals surface area (Å²) in [5.41, 5.74) is 9.06. The summed E-state index contributed by atoms with van der Waals surface area (Å²) in [4.78, 5) is 33.6. The summed E-state index contributed by atoms with van der Waals surface area (Å²) in [6.45, 7) is 2.09. The molecule has 37 heavy (non-hydrogen) atoms. The zero-order valence-electron chi connectivity index (χ0n) is 21.5. The minimum atomic E-state index is -0.525. The van der Waals surface area contributed by atoms with E-state index < -0.39 is 6.09 Å². The highest BCUT2D eigenvalue weighted by Crippen LogP contribution is 2.40. The normalized spacial score (nSPS) is 12.9. The second kappa shape index (κ2) is 12.9. The van der Waals surface area contributed by atoms with Gasteiger partial charge in [-0.05, 0) is 44.2 Å². The lowest BCUT2D eigenvalue weighted by molar-refractivity contribution is -0.115. The molecule has 12 heteroatoms. The van der Waals surface area contributed by atoms with E-state index in [4.69, 9.17) is 15.9 Å². The van der Waals surface area contributed by atoms with Crippen molar-refractivity contribution in [2.75, 3.05) is 38.8 Å². The van der Waals surface area contributed by atoms with E-state index in [-0.39, 0.29) is 12.6 Å². The summed E-state index contributed by atoms with van der Waals surface area (Å²) >= 11 is 1.73. The van der Waals surface area contributed by atoms with Crippen molar-refractivity contribution >= 4 is 57.5 Å². The molecule has 0 fully saturated rings. The lowest BCUT2D eigenvalue weighted by Gasteiger charge is -2.20. The van der Waals surface area contributed by atoms with Crippen molar-refractivity contribution in [1.82, 2.24) is 20.2 Å². The van der Waals surface area contributed by atoms with Crippen LogP contribution in [0.3, 0.4) is 0 Å². The second-order valence-corrected chi connectivity index (χ2v) is 9.81. The van der Waals surface area contributed by atoms with Gasteiger partial charge in [-0.3, -0.25) is 4.79 Å². The Morgan fingerprint density at radius 3 is 2.70 bits per heavy atom. The highest BCUT2D eigenvalue weighted by atomic mass is 32.1. The Morgan fingerprint density at radius 2 is 2.03 bits per heavy atom. The van der Waals surface area contributed by atoms with E-state index >= 15 is 0 Å². The molecule has 1 atom stereocenters. The zero-order valence-corrected chi connectivity index (χ0v) is 22.3. The van der Waals surface area contributed by atoms with Crippen molar-refractivity contribution in [3.63, 3.8) is 0 Å². The Hall–Kier alpha value is -3.93. The minimum Gasteiger partial charge on any atom is -0.487 e. The third-order valence-electron chi connectivity index (χ3n) is 5.60. The van der Waals surface area contributed by atoms with Crippen LogP contribution in [0.5, 0.6) is 5.75 Å². The lowest BCUT2D eigenvalue weighted by Crippen LogP contribution is -2.33. The number of rotatable bonds is 8. The number of hydrogen-bond acceptors (Lipinski definition) is 10. The van der Waals surface area contributed by atoms with Crippen molar-refractivity contribution in [1.29, 1.82) is 5.41 Å². The molecular weight excluding hydrogens is 494 g/mol. The molecule has 4 rings (SSSR count). The monoisotopic (exact) mass is 527 g/mol. The zero-order chi connectivity index (χ0) is 26.9. The van der Waals surface area contributed by atoms with Crippen LogP contribution in [0.1, 0.15) is 35.8 Å². The van der Waals surface area contributed by atoms with Crippen LogP contribution in [0.2, 0.25) is 0 Å². The number of aromatic nitrogens is 2. The third-order valence-corrected chi connectivity index (χ3v) is 6.80. The van der Waals surface area contributed by atoms with Crippen LogP contribution in [0.25, 0.3) is 10.2 Å². The number of amides is 2. The fourth-order valence-electron chi connectivity index (χ4n) is 3.80. The molecule has 2 aromatic heterocycles. The molecule has 198 valence electrons. The number of carbonyl (C=O) groups excluding carboxylic acids is 2. The molecule has 0 spiro atoms. The van der Waals surface area contributed by atoms with E-state index in [2.05, 4.69) is 25.3 Å². The van der Waals surface area contributed by atoms with E-state index in [1.807, 2.05) is 6.92 Å². The Balaban J connectivity index is 0.000000695. The minimum absolute atomic E-state index is 0.258. The molecule has 0 saturated heterocycles. The number of methoxy groups -OCH3 is 1. The van der Waals surface area contributed by atoms with E-state index in [1.165, 1.54) is 35.1 Å². The van der Waals surface area contributed by atoms with Gasteiger partial charge in [0, 0.05) is 42.5 Å². The Morgan fingerprint density at radius 1 is 1.30 bits per heavy atom. The predicted molar refractivity (Wildman–Crippen MR) is 146 cm³/mol. The van der Waals surface area contributed by atoms with Gasteiger partial charge in [0.2, 0.25) is 6.41 Å². The quantitative estimate of drug-likeness (QED) is 0.196. The topological polar surface area (TPSA) is 156 Å². The molecule has 0 bridgehead atoms. The number of benzene rings is 1. The van der Waals surface area contributed by atoms with E-state index in [9.17, 15) is 9.59 Å². The summed E-state index contributed by atoms with van der Waals surface area (Å²) < 4.78 is 10.7. The average molecular weight is 528 g/mol. The molecule has 2 heterocycles. The van der Waals surface area contributed by atoms with Crippen molar-refractivity contribution in [3.8, 4) is 5.75 Å². The number of thiophene rings is 1. The number of anilines is 3. The van der Waals surface area contributed by atoms with E-state index in [1.54, 1.807) is 43.9 Å². The fraction of sp³-hybridized carbons (Fsp3) is 0.400. The summed E-state index contributed by atoms with van der Waals surface area (Å²) in [6.07, 6.45) is 7.10. The number of ether oxygens (including phenoxy) is 2. The van der Waals surface area contributed by atoms with Crippen molar-refractivity contribution in [3.05, 3.63) is 34.5 Å². The molecule has 0 radical (unpaired) electrons. The van der Waals surface area contributed by atoms with Crippen molar-refractivity contribution < 1.29 is 19.1 Å². The summed E-state index contributed by atoms with van der Waals surface area (Å²) in [5, 5.41) is 14.7. The smallest absolute Gasteiger partial charge is 0.406 e. The second-order valence-electron chi connectivity index (χ2n) is 8.73. The number of nitrogen functional groups attached to an aromatic ring is 1. The Kier molecular flexibility index (Phi) is 9.61. The number of nitrogens with one attached hydrogen (secondary N) is 3. The molecule has 0 saturated carbocycles. The highest BCUT2D eigenvalue weighted by molar-refractivity contribution is 7.19. The summed E-state index contributed by atoms with van der Waals surface area (Å²) in [5.74, 6) is 1.21. The number of nitrogens with zero attached hydrogens (tertiary/aromatic N) is 3. The number of nitrogens with two attached hydrogens (primary N) is 1. The lowest BCUT2D eigenvalue weighted by atomic mass is 9.97. The van der Waals surface area contributed by atoms with Crippen molar-refractivity contribution in [2.24, 2.45) is 0 Å². The molecular formula is C25H33N7O4S. The third kappa shape index (κ3) is 7.06. The van der Waals surface area contributed by atoms with Crippen molar-refractivity contribution in [2.45, 2.75) is 38.7 Å². The SMILES string of the molecule is CN(C)C=O.COC(=O)NCC(C)Oc1cc(N)c(C=N)cc1Nc1ncnc2sc3c(c12)CCCC3. The molecule has 3 aromatic rings. The van der Waals surface area contributed by atoms with Crippen LogP contribution in [-0.4, -0.2) is 67.4 Å². The maximum Gasteiger partial charge on any atom is 0.406 e. The van der Waals surface area contributed by atoms with Gasteiger partial charge < -0.3 is 36.2 Å². The Labute approximate surface area is 219 Å². The molecule has 5 N–H and O–H groups in total. The van der Waals surface area contributed by atoms with Crippen LogP contribution in [0.15, 0.2) is 18.5 Å². The summed E-state index contributed by atoms with van der Waals surface area (Å²) in [6, 6.07) is 3.45. The maximum absolute atomic E-state index is 11.4. The molecule has 1 unspecified atom stereocenters. The van der Waals surface area contributed by atoms with Gasteiger partial charge in [-0.1, -0.05) is 0 Å². The van der Waals surface area contributed by atoms with Gasteiger partial charge in [-0.2, -0.15) is 0 Å².